The maximum Gasteiger partial charge on any atom is 0.136 e. The molecule has 0 amide bonds. The number of hydrogen-bond acceptors (Lipinski definition) is 2. The van der Waals surface area contributed by atoms with Gasteiger partial charge < -0.3 is 13.7 Å². The van der Waals surface area contributed by atoms with Gasteiger partial charge in [-0.15, -0.1) is 0 Å². The fraction of sp³-hybridized carbons (Fsp3) is 0. The molecule has 0 atom stereocenters. The predicted molar refractivity (Wildman–Crippen MR) is 266 cm³/mol. The first kappa shape index (κ1) is 36.5. The van der Waals surface area contributed by atoms with Gasteiger partial charge in [-0.3, -0.25) is 0 Å². The number of furan rings is 1. The van der Waals surface area contributed by atoms with E-state index in [0.29, 0.717) is 0 Å². The summed E-state index contributed by atoms with van der Waals surface area (Å²) in [4.78, 5) is 2.33. The number of hydrogen-bond donors (Lipinski definition) is 0. The fourth-order valence-corrected chi connectivity index (χ4v) is 9.50. The lowest BCUT2D eigenvalue weighted by Crippen LogP contribution is -2.10. The van der Waals surface area contributed by atoms with Crippen molar-refractivity contribution < 1.29 is 4.42 Å². The van der Waals surface area contributed by atoms with Gasteiger partial charge in [0.25, 0.3) is 0 Å². The summed E-state index contributed by atoms with van der Waals surface area (Å²) in [6, 6.07) is 78.5. The minimum absolute atomic E-state index is 0.813. The lowest BCUT2D eigenvalue weighted by molar-refractivity contribution is 0.600. The van der Waals surface area contributed by atoms with E-state index in [2.05, 4.69) is 216 Å². The summed E-state index contributed by atoms with van der Waals surface area (Å²) < 4.78 is 8.76. The largest absolute Gasteiger partial charge is 0.456 e. The number of benzene rings is 9. The molecule has 0 aliphatic carbocycles. The number of para-hydroxylation sites is 3. The summed E-state index contributed by atoms with van der Waals surface area (Å²) in [6.07, 6.45) is 3.84. The molecule has 0 spiro atoms. The molecule has 0 saturated carbocycles. The van der Waals surface area contributed by atoms with Gasteiger partial charge in [-0.2, -0.15) is 0 Å². The van der Waals surface area contributed by atoms with Gasteiger partial charge in [0.2, 0.25) is 0 Å². The molecule has 9 aromatic carbocycles. The molecule has 12 aromatic rings. The van der Waals surface area contributed by atoms with Gasteiger partial charge in [0.1, 0.15) is 11.3 Å². The van der Waals surface area contributed by atoms with Crippen molar-refractivity contribution >= 4 is 71.7 Å². The average molecular weight is 805 g/mol. The van der Waals surface area contributed by atoms with Gasteiger partial charge in [-0.05, 0) is 112 Å². The van der Waals surface area contributed by atoms with Gasteiger partial charge in [-0.1, -0.05) is 164 Å². The molecule has 3 heteroatoms. The van der Waals surface area contributed by atoms with Crippen LogP contribution >= 0.6 is 0 Å². The van der Waals surface area contributed by atoms with Crippen LogP contribution in [0.15, 0.2) is 242 Å². The zero-order valence-corrected chi connectivity index (χ0v) is 34.4. The third-order valence-electron chi connectivity index (χ3n) is 12.5. The lowest BCUT2D eigenvalue weighted by Gasteiger charge is -2.26. The van der Waals surface area contributed by atoms with Crippen molar-refractivity contribution in [3.8, 4) is 33.4 Å². The Balaban J connectivity index is 0.934. The van der Waals surface area contributed by atoms with Gasteiger partial charge in [0, 0.05) is 49.6 Å². The van der Waals surface area contributed by atoms with E-state index in [9.17, 15) is 0 Å². The van der Waals surface area contributed by atoms with Crippen molar-refractivity contribution in [1.29, 1.82) is 0 Å². The van der Waals surface area contributed by atoms with E-state index in [1.807, 2.05) is 30.4 Å². The summed E-state index contributed by atoms with van der Waals surface area (Å²) in [5, 5.41) is 6.19. The molecule has 296 valence electrons. The van der Waals surface area contributed by atoms with Gasteiger partial charge in [0.15, 0.2) is 0 Å². The van der Waals surface area contributed by atoms with E-state index in [-0.39, 0.29) is 0 Å². The zero-order valence-electron chi connectivity index (χ0n) is 34.4. The number of fused-ring (bicyclic) bond motifs is 7. The molecular formula is C60H40N2O. The van der Waals surface area contributed by atoms with E-state index in [4.69, 9.17) is 4.42 Å². The first-order chi connectivity index (χ1) is 31.2. The van der Waals surface area contributed by atoms with Crippen molar-refractivity contribution in [2.24, 2.45) is 0 Å². The summed E-state index contributed by atoms with van der Waals surface area (Å²) in [6.45, 7) is 4.03. The summed E-state index contributed by atoms with van der Waals surface area (Å²) in [5.41, 5.74) is 17.0. The molecule has 12 rings (SSSR count). The standard InChI is InChI=1S/C60H40N2O/c1-2-12-51(59-39-46-15-6-11-20-58(46)63-59)45-29-35-50(36-30-45)61(48-31-25-43(26-32-48)42-23-21-41(22-24-42)40-13-4-3-5-14-40)49-33-27-44(28-34-49)47-37-54-52-16-7-9-18-56(52)62-57-19-10-8-17-53(57)55(38-47)60(54)62/h2-39H,1H2/b51-12-. The molecule has 3 nitrogen and oxygen atoms in total. The third-order valence-corrected chi connectivity index (χ3v) is 12.5. The van der Waals surface area contributed by atoms with E-state index in [1.165, 1.54) is 71.5 Å². The molecule has 0 N–H and O–H groups in total. The van der Waals surface area contributed by atoms with Crippen LogP contribution in [0, 0.1) is 0 Å². The molecule has 0 unspecified atom stereocenters. The normalized spacial score (nSPS) is 12.0. The molecule has 3 aromatic heterocycles. The van der Waals surface area contributed by atoms with Crippen molar-refractivity contribution in [3.05, 3.63) is 248 Å². The monoisotopic (exact) mass is 804 g/mol. The van der Waals surface area contributed by atoms with Crippen LogP contribution in [0.5, 0.6) is 0 Å². The average Bonchev–Trinajstić information content (AvgIpc) is 4.04. The molecule has 0 radical (unpaired) electrons. The Hall–Kier alpha value is -8.40. The molecular weight excluding hydrogens is 765 g/mol. The van der Waals surface area contributed by atoms with Gasteiger partial charge >= 0.3 is 0 Å². The molecule has 0 saturated heterocycles. The first-order valence-corrected chi connectivity index (χ1v) is 21.4. The second-order valence-electron chi connectivity index (χ2n) is 16.2. The molecule has 0 fully saturated rings. The smallest absolute Gasteiger partial charge is 0.136 e. The summed E-state index contributed by atoms with van der Waals surface area (Å²) in [7, 11) is 0. The highest BCUT2D eigenvalue weighted by atomic mass is 16.3. The predicted octanol–water partition coefficient (Wildman–Crippen LogP) is 16.7. The van der Waals surface area contributed by atoms with Crippen LogP contribution in [0.1, 0.15) is 11.3 Å². The number of nitrogens with zero attached hydrogens (tertiary/aromatic N) is 2. The summed E-state index contributed by atoms with van der Waals surface area (Å²) in [5.74, 6) is 0.813. The topological polar surface area (TPSA) is 20.8 Å². The Morgan fingerprint density at radius 1 is 0.429 bits per heavy atom. The minimum Gasteiger partial charge on any atom is -0.456 e. The highest BCUT2D eigenvalue weighted by Gasteiger charge is 2.20. The van der Waals surface area contributed by atoms with Crippen LogP contribution in [-0.2, 0) is 0 Å². The second kappa shape index (κ2) is 14.9. The Bertz CT molecular complexity index is 3530. The lowest BCUT2D eigenvalue weighted by atomic mass is 9.98. The SMILES string of the molecule is C=C/C=C(/c1ccc(N(c2ccc(-c3ccc(-c4ccccc4)cc3)cc2)c2ccc(-c3cc4c5ccccc5n5c6ccccc6c(c3)c45)cc2)cc1)c1cc2ccccc2o1. The Morgan fingerprint density at radius 2 is 0.889 bits per heavy atom. The van der Waals surface area contributed by atoms with Gasteiger partial charge in [-0.25, -0.2) is 0 Å². The van der Waals surface area contributed by atoms with Crippen LogP contribution < -0.4 is 4.90 Å². The Kier molecular flexibility index (Phi) is 8.65. The number of aromatic nitrogens is 1. The van der Waals surface area contributed by atoms with Crippen LogP contribution in [0.3, 0.4) is 0 Å². The summed E-state index contributed by atoms with van der Waals surface area (Å²) >= 11 is 0. The molecule has 0 aliphatic rings. The quantitative estimate of drug-likeness (QED) is 0.136. The second-order valence-corrected chi connectivity index (χ2v) is 16.2. The van der Waals surface area contributed by atoms with E-state index >= 15 is 0 Å². The van der Waals surface area contributed by atoms with Crippen molar-refractivity contribution in [2.45, 2.75) is 0 Å². The van der Waals surface area contributed by atoms with Gasteiger partial charge in [0.05, 0.1) is 16.6 Å². The Morgan fingerprint density at radius 3 is 1.44 bits per heavy atom. The zero-order chi connectivity index (χ0) is 41.9. The highest BCUT2D eigenvalue weighted by molar-refractivity contribution is 6.24. The molecule has 0 bridgehead atoms. The van der Waals surface area contributed by atoms with Crippen molar-refractivity contribution in [2.75, 3.05) is 4.90 Å². The van der Waals surface area contributed by atoms with E-state index in [1.54, 1.807) is 0 Å². The van der Waals surface area contributed by atoms with Crippen LogP contribution in [-0.4, -0.2) is 4.40 Å². The first-order valence-electron chi connectivity index (χ1n) is 21.4. The maximum atomic E-state index is 6.32. The fourth-order valence-electron chi connectivity index (χ4n) is 9.50. The third kappa shape index (κ3) is 6.21. The Labute approximate surface area is 365 Å². The maximum absolute atomic E-state index is 6.32. The minimum atomic E-state index is 0.813. The van der Waals surface area contributed by atoms with Crippen LogP contribution in [0.25, 0.3) is 88.0 Å². The van der Waals surface area contributed by atoms with Crippen LogP contribution in [0.2, 0.25) is 0 Å². The number of rotatable bonds is 9. The molecule has 0 aliphatic heterocycles. The van der Waals surface area contributed by atoms with Crippen LogP contribution in [0.4, 0.5) is 17.1 Å². The molecule has 63 heavy (non-hydrogen) atoms. The van der Waals surface area contributed by atoms with E-state index in [0.717, 1.165) is 44.9 Å². The molecule has 3 heterocycles. The van der Waals surface area contributed by atoms with E-state index < -0.39 is 0 Å². The number of anilines is 3. The highest BCUT2D eigenvalue weighted by Crippen LogP contribution is 2.43. The number of allylic oxidation sites excluding steroid dienone is 2. The van der Waals surface area contributed by atoms with Crippen molar-refractivity contribution in [3.63, 3.8) is 0 Å². The van der Waals surface area contributed by atoms with Crippen molar-refractivity contribution in [1.82, 2.24) is 4.40 Å².